The van der Waals surface area contributed by atoms with Gasteiger partial charge < -0.3 is 9.73 Å². The Morgan fingerprint density at radius 2 is 1.73 bits per heavy atom. The molecule has 1 saturated heterocycles. The number of para-hydroxylation sites is 1. The van der Waals surface area contributed by atoms with Gasteiger partial charge in [-0.25, -0.2) is 8.42 Å². The Hall–Kier alpha value is -3.10. The van der Waals surface area contributed by atoms with Gasteiger partial charge in [0, 0.05) is 12.1 Å². The average Bonchev–Trinajstić information content (AvgIpc) is 3.36. The van der Waals surface area contributed by atoms with Crippen molar-refractivity contribution in [1.82, 2.24) is 10.2 Å². The Balaban J connectivity index is 1.42. The molecule has 0 saturated carbocycles. The van der Waals surface area contributed by atoms with Crippen LogP contribution in [0.1, 0.15) is 47.0 Å². The monoisotopic (exact) mass is 467 g/mol. The zero-order chi connectivity index (χ0) is 23.3. The molecule has 4 rings (SSSR count). The van der Waals surface area contributed by atoms with Crippen molar-refractivity contribution in [2.45, 2.75) is 37.1 Å². The number of carbonyl (C=O) groups excluding carboxylic acids is 1. The van der Waals surface area contributed by atoms with Crippen molar-refractivity contribution in [2.75, 3.05) is 24.4 Å². The molecule has 0 radical (unpaired) electrons. The van der Waals surface area contributed by atoms with Gasteiger partial charge in [-0.2, -0.15) is 0 Å². The molecule has 33 heavy (non-hydrogen) atoms. The summed E-state index contributed by atoms with van der Waals surface area (Å²) in [6.45, 7) is 4.20. The van der Waals surface area contributed by atoms with Gasteiger partial charge in [0.25, 0.3) is 15.9 Å². The van der Waals surface area contributed by atoms with Crippen LogP contribution in [0, 0.1) is 6.92 Å². The van der Waals surface area contributed by atoms with E-state index in [9.17, 15) is 13.2 Å². The first kappa shape index (κ1) is 23.1. The Morgan fingerprint density at radius 1 is 1.00 bits per heavy atom. The molecule has 174 valence electrons. The number of rotatable bonds is 8. The Bertz CT molecular complexity index is 1170. The van der Waals surface area contributed by atoms with Crippen LogP contribution in [-0.4, -0.2) is 38.9 Å². The van der Waals surface area contributed by atoms with E-state index in [4.69, 9.17) is 4.42 Å². The van der Waals surface area contributed by atoms with E-state index in [-0.39, 0.29) is 16.8 Å². The summed E-state index contributed by atoms with van der Waals surface area (Å²) in [7, 11) is -3.75. The highest BCUT2D eigenvalue weighted by molar-refractivity contribution is 7.92. The van der Waals surface area contributed by atoms with Crippen LogP contribution in [-0.2, 0) is 10.0 Å². The predicted molar refractivity (Wildman–Crippen MR) is 128 cm³/mol. The summed E-state index contributed by atoms with van der Waals surface area (Å²) in [5.74, 6) is 0.584. The topological polar surface area (TPSA) is 91.6 Å². The zero-order valence-electron chi connectivity index (χ0n) is 18.7. The van der Waals surface area contributed by atoms with Crippen LogP contribution in [0.2, 0.25) is 0 Å². The number of hydrogen-bond donors (Lipinski definition) is 2. The maximum absolute atomic E-state index is 12.8. The minimum atomic E-state index is -3.75. The van der Waals surface area contributed by atoms with Crippen molar-refractivity contribution in [1.29, 1.82) is 0 Å². The fraction of sp³-hybridized carbons (Fsp3) is 0.320. The molecule has 7 nitrogen and oxygen atoms in total. The van der Waals surface area contributed by atoms with Gasteiger partial charge in [0.2, 0.25) is 0 Å². The summed E-state index contributed by atoms with van der Waals surface area (Å²) in [5, 5.41) is 2.98. The fourth-order valence-corrected chi connectivity index (χ4v) is 5.22. The Morgan fingerprint density at radius 3 is 2.39 bits per heavy atom. The second-order valence-electron chi connectivity index (χ2n) is 8.28. The number of carbonyl (C=O) groups is 1. The second kappa shape index (κ2) is 10.2. The van der Waals surface area contributed by atoms with E-state index >= 15 is 0 Å². The molecule has 1 atom stereocenters. The third-order valence-electron chi connectivity index (χ3n) is 5.98. The highest BCUT2D eigenvalue weighted by atomic mass is 32.2. The number of nitrogens with one attached hydrogen (secondary N) is 2. The van der Waals surface area contributed by atoms with E-state index in [1.54, 1.807) is 18.4 Å². The molecule has 1 aromatic heterocycles. The maximum atomic E-state index is 12.8. The van der Waals surface area contributed by atoms with E-state index in [0.717, 1.165) is 37.3 Å². The summed E-state index contributed by atoms with van der Waals surface area (Å²) in [6, 6.07) is 16.9. The van der Waals surface area contributed by atoms with E-state index < -0.39 is 10.0 Å². The molecule has 1 fully saturated rings. The first-order valence-corrected chi connectivity index (χ1v) is 12.7. The molecule has 2 N–H and O–H groups in total. The smallest absolute Gasteiger partial charge is 0.261 e. The van der Waals surface area contributed by atoms with Crippen molar-refractivity contribution in [3.63, 3.8) is 0 Å². The standard InChI is InChI=1S/C25H29N3O4S/c1-19-8-3-4-9-22(19)27-33(30,31)21-13-11-20(12-14-21)25(29)26-18-23(24-10-7-17-32-24)28-15-5-2-6-16-28/h3-4,7-14,17,23,27H,2,5-6,15-16,18H2,1H3,(H,26,29)/t23-/m1/s1. The fourth-order valence-electron chi connectivity index (χ4n) is 4.09. The molecule has 8 heteroatoms. The molecule has 0 spiro atoms. The number of hydrogen-bond acceptors (Lipinski definition) is 5. The molecule has 2 aromatic carbocycles. The van der Waals surface area contributed by atoms with Gasteiger partial charge in [-0.15, -0.1) is 0 Å². The second-order valence-corrected chi connectivity index (χ2v) is 9.97. The van der Waals surface area contributed by atoms with Crippen LogP contribution in [0.25, 0.3) is 0 Å². The van der Waals surface area contributed by atoms with Crippen molar-refractivity contribution >= 4 is 21.6 Å². The van der Waals surface area contributed by atoms with Crippen molar-refractivity contribution in [3.05, 3.63) is 83.8 Å². The number of anilines is 1. The summed E-state index contributed by atoms with van der Waals surface area (Å²) in [6.07, 6.45) is 5.15. The summed E-state index contributed by atoms with van der Waals surface area (Å²) in [4.78, 5) is 15.2. The van der Waals surface area contributed by atoms with Gasteiger partial charge in [-0.3, -0.25) is 14.4 Å². The van der Waals surface area contributed by atoms with Gasteiger partial charge in [-0.1, -0.05) is 24.6 Å². The Kier molecular flexibility index (Phi) is 7.15. The van der Waals surface area contributed by atoms with E-state index in [0.29, 0.717) is 17.8 Å². The number of nitrogens with zero attached hydrogens (tertiary/aromatic N) is 1. The number of aryl methyl sites for hydroxylation is 1. The van der Waals surface area contributed by atoms with E-state index in [2.05, 4.69) is 14.9 Å². The molecule has 0 bridgehead atoms. The third kappa shape index (κ3) is 5.64. The molecular formula is C25H29N3O4S. The minimum Gasteiger partial charge on any atom is -0.468 e. The largest absolute Gasteiger partial charge is 0.468 e. The highest BCUT2D eigenvalue weighted by Crippen LogP contribution is 2.25. The predicted octanol–water partition coefficient (Wildman–Crippen LogP) is 4.35. The quantitative estimate of drug-likeness (QED) is 0.514. The van der Waals surface area contributed by atoms with Gasteiger partial charge >= 0.3 is 0 Å². The average molecular weight is 468 g/mol. The molecule has 1 aliphatic heterocycles. The first-order chi connectivity index (χ1) is 15.9. The van der Waals surface area contributed by atoms with E-state index in [1.807, 2.05) is 31.2 Å². The van der Waals surface area contributed by atoms with Crippen LogP contribution in [0.5, 0.6) is 0 Å². The van der Waals surface area contributed by atoms with Crippen molar-refractivity contribution in [2.24, 2.45) is 0 Å². The molecule has 3 aromatic rings. The molecule has 1 aliphatic rings. The number of sulfonamides is 1. The Labute approximate surface area is 194 Å². The summed E-state index contributed by atoms with van der Waals surface area (Å²) >= 11 is 0. The maximum Gasteiger partial charge on any atom is 0.261 e. The number of likely N-dealkylation sites (tertiary alicyclic amines) is 1. The molecule has 1 amide bonds. The van der Waals surface area contributed by atoms with Crippen LogP contribution < -0.4 is 10.0 Å². The van der Waals surface area contributed by atoms with Gasteiger partial charge in [0.05, 0.1) is 22.9 Å². The number of piperidine rings is 1. The third-order valence-corrected chi connectivity index (χ3v) is 7.36. The normalized spacial score (nSPS) is 15.7. The molecule has 2 heterocycles. The number of furan rings is 1. The van der Waals surface area contributed by atoms with Crippen LogP contribution in [0.15, 0.2) is 76.2 Å². The molecular weight excluding hydrogens is 438 g/mol. The lowest BCUT2D eigenvalue weighted by Gasteiger charge is -2.33. The lowest BCUT2D eigenvalue weighted by molar-refractivity contribution is 0.0914. The lowest BCUT2D eigenvalue weighted by Crippen LogP contribution is -2.40. The van der Waals surface area contributed by atoms with Gasteiger partial charge in [0.15, 0.2) is 0 Å². The molecule has 0 aliphatic carbocycles. The molecule has 0 unspecified atom stereocenters. The van der Waals surface area contributed by atoms with Crippen LogP contribution in [0.4, 0.5) is 5.69 Å². The summed E-state index contributed by atoms with van der Waals surface area (Å²) in [5.41, 5.74) is 1.76. The summed E-state index contributed by atoms with van der Waals surface area (Å²) < 4.78 is 33.7. The van der Waals surface area contributed by atoms with Crippen LogP contribution >= 0.6 is 0 Å². The zero-order valence-corrected chi connectivity index (χ0v) is 19.5. The SMILES string of the molecule is Cc1ccccc1NS(=O)(=O)c1ccc(C(=O)NC[C@H](c2ccco2)N2CCCCC2)cc1. The van der Waals surface area contributed by atoms with Crippen LogP contribution in [0.3, 0.4) is 0 Å². The minimum absolute atomic E-state index is 0.0257. The first-order valence-electron chi connectivity index (χ1n) is 11.2. The van der Waals surface area contributed by atoms with Gasteiger partial charge in [0.1, 0.15) is 5.76 Å². The van der Waals surface area contributed by atoms with Crippen molar-refractivity contribution < 1.29 is 17.6 Å². The lowest BCUT2D eigenvalue weighted by atomic mass is 10.1. The van der Waals surface area contributed by atoms with Gasteiger partial charge in [-0.05, 0) is 80.9 Å². The van der Waals surface area contributed by atoms with Crippen molar-refractivity contribution in [3.8, 4) is 0 Å². The highest BCUT2D eigenvalue weighted by Gasteiger charge is 2.25. The number of benzene rings is 2. The van der Waals surface area contributed by atoms with E-state index in [1.165, 1.54) is 30.7 Å². The number of amides is 1.